The Bertz CT molecular complexity index is 601. The van der Waals surface area contributed by atoms with Gasteiger partial charge in [-0.3, -0.25) is 4.79 Å². The van der Waals surface area contributed by atoms with Crippen LogP contribution >= 0.6 is 11.3 Å². The molecule has 0 atom stereocenters. The van der Waals surface area contributed by atoms with E-state index < -0.39 is 0 Å². The lowest BCUT2D eigenvalue weighted by Gasteiger charge is -2.33. The number of carbonyl (C=O) groups excluding carboxylic acids is 1. The molecular weight excluding hydrogens is 298 g/mol. The summed E-state index contributed by atoms with van der Waals surface area (Å²) in [6.07, 6.45) is 6.96. The number of hydrogen-bond acceptors (Lipinski definition) is 5. The minimum atomic E-state index is 0.128. The maximum Gasteiger partial charge on any atom is 0.220 e. The number of amides is 1. The number of aromatic nitrogens is 3. The molecule has 0 spiro atoms. The second-order valence-electron chi connectivity index (χ2n) is 5.65. The summed E-state index contributed by atoms with van der Waals surface area (Å²) in [5.41, 5.74) is 2.81. The second kappa shape index (κ2) is 6.91. The zero-order valence-corrected chi connectivity index (χ0v) is 13.6. The van der Waals surface area contributed by atoms with Crippen molar-refractivity contribution in [3.8, 4) is 0 Å². The molecule has 0 saturated carbocycles. The van der Waals surface area contributed by atoms with Crippen molar-refractivity contribution in [1.29, 1.82) is 0 Å². The zero-order chi connectivity index (χ0) is 15.4. The molecule has 0 aliphatic carbocycles. The minimum Gasteiger partial charge on any atom is -0.353 e. The average Bonchev–Trinajstić information content (AvgIpc) is 3.17. The number of aryl methyl sites for hydroxylation is 2. The molecular formula is C15H21N5OS. The molecule has 3 rings (SSSR count). The molecule has 0 unspecified atom stereocenters. The van der Waals surface area contributed by atoms with Crippen molar-refractivity contribution in [2.45, 2.75) is 31.7 Å². The van der Waals surface area contributed by atoms with Crippen LogP contribution < -0.4 is 10.2 Å². The highest BCUT2D eigenvalue weighted by atomic mass is 32.1. The normalized spacial score (nSPS) is 16.0. The molecule has 0 bridgehead atoms. The van der Waals surface area contributed by atoms with Gasteiger partial charge in [0.1, 0.15) is 0 Å². The molecule has 2 aromatic heterocycles. The van der Waals surface area contributed by atoms with Gasteiger partial charge in [0.05, 0.1) is 11.2 Å². The number of rotatable bonds is 5. The molecule has 1 N–H and O–H groups in total. The predicted molar refractivity (Wildman–Crippen MR) is 87.0 cm³/mol. The molecule has 7 heteroatoms. The quantitative estimate of drug-likeness (QED) is 0.909. The zero-order valence-electron chi connectivity index (χ0n) is 12.7. The number of nitrogens with one attached hydrogen (secondary N) is 1. The van der Waals surface area contributed by atoms with E-state index in [-0.39, 0.29) is 11.9 Å². The summed E-state index contributed by atoms with van der Waals surface area (Å²) in [7, 11) is 2.01. The Hall–Kier alpha value is -1.89. The Labute approximate surface area is 134 Å². The Balaban J connectivity index is 1.42. The number of imidazole rings is 1. The van der Waals surface area contributed by atoms with E-state index in [4.69, 9.17) is 0 Å². The first-order valence-corrected chi connectivity index (χ1v) is 8.55. The molecule has 2 aromatic rings. The van der Waals surface area contributed by atoms with E-state index in [0.29, 0.717) is 6.42 Å². The van der Waals surface area contributed by atoms with Gasteiger partial charge < -0.3 is 14.8 Å². The minimum absolute atomic E-state index is 0.128. The molecule has 1 aliphatic heterocycles. The van der Waals surface area contributed by atoms with Crippen molar-refractivity contribution in [3.05, 3.63) is 29.0 Å². The van der Waals surface area contributed by atoms with Crippen molar-refractivity contribution in [2.24, 2.45) is 7.05 Å². The Morgan fingerprint density at radius 1 is 1.41 bits per heavy atom. The first-order chi connectivity index (χ1) is 10.7. The van der Waals surface area contributed by atoms with Crippen molar-refractivity contribution >= 4 is 23.2 Å². The fourth-order valence-electron chi connectivity index (χ4n) is 2.79. The molecule has 3 heterocycles. The van der Waals surface area contributed by atoms with E-state index >= 15 is 0 Å². The highest BCUT2D eigenvalue weighted by Crippen LogP contribution is 2.17. The van der Waals surface area contributed by atoms with E-state index in [1.807, 2.05) is 29.4 Å². The van der Waals surface area contributed by atoms with Gasteiger partial charge in [0.15, 0.2) is 0 Å². The Morgan fingerprint density at radius 2 is 2.23 bits per heavy atom. The van der Waals surface area contributed by atoms with Gasteiger partial charge in [-0.25, -0.2) is 9.97 Å². The third kappa shape index (κ3) is 3.65. The van der Waals surface area contributed by atoms with Crippen molar-refractivity contribution in [1.82, 2.24) is 19.9 Å². The maximum atomic E-state index is 12.0. The van der Waals surface area contributed by atoms with E-state index in [1.54, 1.807) is 16.8 Å². The van der Waals surface area contributed by atoms with Crippen LogP contribution in [0.2, 0.25) is 0 Å². The number of piperidine rings is 1. The summed E-state index contributed by atoms with van der Waals surface area (Å²) in [5.74, 6) is 1.14. The molecule has 1 fully saturated rings. The highest BCUT2D eigenvalue weighted by molar-refractivity contribution is 7.07. The topological polar surface area (TPSA) is 63.1 Å². The lowest BCUT2D eigenvalue weighted by Crippen LogP contribution is -2.45. The number of carbonyl (C=O) groups is 1. The lowest BCUT2D eigenvalue weighted by molar-refractivity contribution is -0.121. The highest BCUT2D eigenvalue weighted by Gasteiger charge is 2.22. The Morgan fingerprint density at radius 3 is 2.86 bits per heavy atom. The predicted octanol–water partition coefficient (Wildman–Crippen LogP) is 1.59. The molecule has 22 heavy (non-hydrogen) atoms. The van der Waals surface area contributed by atoms with Crippen LogP contribution in [-0.2, 0) is 18.3 Å². The van der Waals surface area contributed by atoms with Gasteiger partial charge in [-0.15, -0.1) is 11.3 Å². The molecule has 1 saturated heterocycles. The second-order valence-corrected chi connectivity index (χ2v) is 6.37. The molecule has 0 aromatic carbocycles. The number of nitrogens with zero attached hydrogens (tertiary/aromatic N) is 4. The lowest BCUT2D eigenvalue weighted by atomic mass is 10.0. The summed E-state index contributed by atoms with van der Waals surface area (Å²) in [5, 5.41) is 5.14. The SMILES string of the molecule is Cn1ccnc1N1CCC(NC(=O)CCc2cscn2)CC1. The first kappa shape index (κ1) is 15.0. The number of thiazole rings is 1. The summed E-state index contributed by atoms with van der Waals surface area (Å²) >= 11 is 1.57. The fraction of sp³-hybridized carbons (Fsp3) is 0.533. The van der Waals surface area contributed by atoms with Crippen molar-refractivity contribution in [2.75, 3.05) is 18.0 Å². The third-order valence-corrected chi connectivity index (χ3v) is 4.67. The summed E-state index contributed by atoms with van der Waals surface area (Å²) in [6.45, 7) is 1.86. The molecule has 6 nitrogen and oxygen atoms in total. The van der Waals surface area contributed by atoms with E-state index in [9.17, 15) is 4.79 Å². The Kier molecular flexibility index (Phi) is 4.72. The first-order valence-electron chi connectivity index (χ1n) is 7.61. The summed E-state index contributed by atoms with van der Waals surface area (Å²) in [6, 6.07) is 0.277. The van der Waals surface area contributed by atoms with Crippen LogP contribution in [0.25, 0.3) is 0 Å². The van der Waals surface area contributed by atoms with Crippen LogP contribution in [0.15, 0.2) is 23.3 Å². The summed E-state index contributed by atoms with van der Waals surface area (Å²) < 4.78 is 2.03. The molecule has 1 aliphatic rings. The number of hydrogen-bond donors (Lipinski definition) is 1. The largest absolute Gasteiger partial charge is 0.353 e. The van der Waals surface area contributed by atoms with Crippen LogP contribution in [-0.4, -0.2) is 39.6 Å². The van der Waals surface area contributed by atoms with Gasteiger partial charge in [-0.2, -0.15) is 0 Å². The van der Waals surface area contributed by atoms with Crippen LogP contribution in [0, 0.1) is 0 Å². The van der Waals surface area contributed by atoms with Crippen LogP contribution in [0.5, 0.6) is 0 Å². The van der Waals surface area contributed by atoms with Crippen LogP contribution in [0.4, 0.5) is 5.95 Å². The van der Waals surface area contributed by atoms with Gasteiger partial charge in [-0.05, 0) is 19.3 Å². The van der Waals surface area contributed by atoms with E-state index in [1.165, 1.54) is 0 Å². The molecule has 0 radical (unpaired) electrons. The van der Waals surface area contributed by atoms with Crippen LogP contribution in [0.3, 0.4) is 0 Å². The fourth-order valence-corrected chi connectivity index (χ4v) is 3.38. The van der Waals surface area contributed by atoms with E-state index in [2.05, 4.69) is 20.2 Å². The van der Waals surface area contributed by atoms with Gasteiger partial charge in [-0.1, -0.05) is 0 Å². The monoisotopic (exact) mass is 319 g/mol. The van der Waals surface area contributed by atoms with Crippen molar-refractivity contribution < 1.29 is 4.79 Å². The van der Waals surface area contributed by atoms with Gasteiger partial charge in [0.2, 0.25) is 11.9 Å². The van der Waals surface area contributed by atoms with E-state index in [0.717, 1.165) is 44.0 Å². The van der Waals surface area contributed by atoms with Gasteiger partial charge in [0.25, 0.3) is 0 Å². The molecule has 1 amide bonds. The maximum absolute atomic E-state index is 12.0. The standard InChI is InChI=1S/C15H21N5OS/c1-19-9-6-16-15(19)20-7-4-12(5-8-20)18-14(21)3-2-13-10-22-11-17-13/h6,9-12H,2-5,7-8H2,1H3,(H,18,21). The summed E-state index contributed by atoms with van der Waals surface area (Å²) in [4.78, 5) is 22.9. The number of anilines is 1. The smallest absolute Gasteiger partial charge is 0.220 e. The average molecular weight is 319 g/mol. The molecule has 118 valence electrons. The third-order valence-electron chi connectivity index (χ3n) is 4.03. The van der Waals surface area contributed by atoms with Crippen LogP contribution in [0.1, 0.15) is 25.0 Å². The van der Waals surface area contributed by atoms with Crippen molar-refractivity contribution in [3.63, 3.8) is 0 Å². The van der Waals surface area contributed by atoms with Gasteiger partial charge in [0, 0.05) is 50.4 Å². The van der Waals surface area contributed by atoms with Gasteiger partial charge >= 0.3 is 0 Å².